The molecule has 6 rings (SSSR count). The van der Waals surface area contributed by atoms with Gasteiger partial charge in [0.1, 0.15) is 34.5 Å². The van der Waals surface area contributed by atoms with E-state index in [9.17, 15) is 0 Å². The summed E-state index contributed by atoms with van der Waals surface area (Å²) in [7, 11) is 9.97. The molecule has 8 heteroatoms. The number of methoxy groups -OCH3 is 6. The summed E-state index contributed by atoms with van der Waals surface area (Å²) in [6, 6.07) is 40.5. The molecule has 0 fully saturated rings. The maximum Gasteiger partial charge on any atom is 0.169 e. The lowest BCUT2D eigenvalue weighted by atomic mass is 10.0. The van der Waals surface area contributed by atoms with Crippen molar-refractivity contribution in [2.45, 2.75) is 38.5 Å². The van der Waals surface area contributed by atoms with Crippen LogP contribution in [0.4, 0.5) is 0 Å². The standard InChI is InChI=1S/C48H50O8/c1-49-39-21-11-35(12-22-39)9-19-37-29-47(45(53-5)31-43(37)51-3)55-41-25-15-33(16-26-41)7-8-34-17-27-42(28-18-34)56-48-30-38(44(52-4)32-46(48)54-6)20-10-36-13-23-40(50-2)24-14-36/h11-18,21-32H,7-10,19-20H2,1-6H3. The molecule has 6 aromatic carbocycles. The molecule has 0 aliphatic heterocycles. The van der Waals surface area contributed by atoms with E-state index < -0.39 is 0 Å². The molecule has 56 heavy (non-hydrogen) atoms. The molecule has 0 saturated carbocycles. The topological polar surface area (TPSA) is 73.8 Å². The molecule has 0 radical (unpaired) electrons. The lowest BCUT2D eigenvalue weighted by Crippen LogP contribution is -1.99. The van der Waals surface area contributed by atoms with Gasteiger partial charge in [0, 0.05) is 12.1 Å². The highest BCUT2D eigenvalue weighted by Gasteiger charge is 2.16. The lowest BCUT2D eigenvalue weighted by Gasteiger charge is -2.16. The van der Waals surface area contributed by atoms with E-state index in [0.29, 0.717) is 23.0 Å². The van der Waals surface area contributed by atoms with E-state index in [0.717, 1.165) is 84.1 Å². The molecule has 290 valence electrons. The third-order valence-corrected chi connectivity index (χ3v) is 9.82. The molecule has 0 heterocycles. The Kier molecular flexibility index (Phi) is 13.6. The highest BCUT2D eigenvalue weighted by atomic mass is 16.5. The zero-order valence-corrected chi connectivity index (χ0v) is 33.1. The predicted molar refractivity (Wildman–Crippen MR) is 220 cm³/mol. The van der Waals surface area contributed by atoms with Crippen LogP contribution in [0.1, 0.15) is 33.4 Å². The second-order valence-electron chi connectivity index (χ2n) is 13.3. The molecule has 0 amide bonds. The summed E-state index contributed by atoms with van der Waals surface area (Å²) in [6.07, 6.45) is 5.02. The van der Waals surface area contributed by atoms with Crippen molar-refractivity contribution in [3.63, 3.8) is 0 Å². The van der Waals surface area contributed by atoms with Gasteiger partial charge in [-0.3, -0.25) is 0 Å². The normalized spacial score (nSPS) is 10.8. The fourth-order valence-corrected chi connectivity index (χ4v) is 6.55. The van der Waals surface area contributed by atoms with Crippen LogP contribution in [0.2, 0.25) is 0 Å². The van der Waals surface area contributed by atoms with Gasteiger partial charge in [-0.25, -0.2) is 0 Å². The molecular formula is C48H50O8. The summed E-state index contributed by atoms with van der Waals surface area (Å²) in [6.45, 7) is 0. The van der Waals surface area contributed by atoms with Gasteiger partial charge >= 0.3 is 0 Å². The van der Waals surface area contributed by atoms with E-state index >= 15 is 0 Å². The first-order chi connectivity index (χ1) is 27.4. The highest BCUT2D eigenvalue weighted by Crippen LogP contribution is 2.40. The summed E-state index contributed by atoms with van der Waals surface area (Å²) >= 11 is 0. The molecule has 0 aliphatic rings. The average molecular weight is 755 g/mol. The first-order valence-electron chi connectivity index (χ1n) is 18.7. The van der Waals surface area contributed by atoms with Crippen molar-refractivity contribution in [3.05, 3.63) is 155 Å². The Bertz CT molecular complexity index is 1990. The minimum atomic E-state index is 0.613. The van der Waals surface area contributed by atoms with E-state index in [-0.39, 0.29) is 0 Å². The van der Waals surface area contributed by atoms with Crippen molar-refractivity contribution in [2.75, 3.05) is 42.7 Å². The molecule has 0 spiro atoms. The molecule has 0 aliphatic carbocycles. The van der Waals surface area contributed by atoms with Gasteiger partial charge in [-0.1, -0.05) is 48.5 Å². The number of ether oxygens (including phenoxy) is 8. The first kappa shape index (κ1) is 39.4. The van der Waals surface area contributed by atoms with Gasteiger partial charge in [-0.2, -0.15) is 0 Å². The average Bonchev–Trinajstić information content (AvgIpc) is 3.25. The number of aryl methyl sites for hydroxylation is 6. The van der Waals surface area contributed by atoms with Crippen LogP contribution >= 0.6 is 0 Å². The van der Waals surface area contributed by atoms with Gasteiger partial charge in [0.15, 0.2) is 23.0 Å². The molecule has 0 atom stereocenters. The zero-order chi connectivity index (χ0) is 39.3. The minimum absolute atomic E-state index is 0.613. The van der Waals surface area contributed by atoms with Gasteiger partial charge in [0.05, 0.1) is 42.7 Å². The highest BCUT2D eigenvalue weighted by molar-refractivity contribution is 5.54. The number of hydrogen-bond donors (Lipinski definition) is 0. The second-order valence-corrected chi connectivity index (χ2v) is 13.3. The zero-order valence-electron chi connectivity index (χ0n) is 33.1. The second kappa shape index (κ2) is 19.4. The summed E-state index contributed by atoms with van der Waals surface area (Å²) in [5.74, 6) is 7.20. The van der Waals surface area contributed by atoms with Crippen molar-refractivity contribution >= 4 is 0 Å². The fraction of sp³-hybridized carbons (Fsp3) is 0.250. The van der Waals surface area contributed by atoms with Crippen molar-refractivity contribution in [1.82, 2.24) is 0 Å². The number of benzene rings is 6. The third-order valence-electron chi connectivity index (χ3n) is 9.82. The maximum atomic E-state index is 6.35. The smallest absolute Gasteiger partial charge is 0.169 e. The lowest BCUT2D eigenvalue weighted by molar-refractivity contribution is 0.366. The Morgan fingerprint density at radius 3 is 0.839 bits per heavy atom. The van der Waals surface area contributed by atoms with Gasteiger partial charge in [-0.15, -0.1) is 0 Å². The summed E-state index contributed by atoms with van der Waals surface area (Å²) in [5, 5.41) is 0. The van der Waals surface area contributed by atoms with Gasteiger partial charge in [0.2, 0.25) is 0 Å². The fourth-order valence-electron chi connectivity index (χ4n) is 6.55. The third kappa shape index (κ3) is 10.3. The summed E-state index contributed by atoms with van der Waals surface area (Å²) in [5.41, 5.74) is 6.94. The van der Waals surface area contributed by atoms with E-state index in [1.807, 2.05) is 72.8 Å². The summed E-state index contributed by atoms with van der Waals surface area (Å²) < 4.78 is 46.0. The monoisotopic (exact) mass is 754 g/mol. The predicted octanol–water partition coefficient (Wildman–Crippen LogP) is 10.7. The van der Waals surface area contributed by atoms with Crippen molar-refractivity contribution < 1.29 is 37.9 Å². The molecular weight excluding hydrogens is 705 g/mol. The van der Waals surface area contributed by atoms with Crippen LogP contribution in [0, 0.1) is 0 Å². The molecule has 0 unspecified atom stereocenters. The SMILES string of the molecule is COc1ccc(CCc2cc(Oc3ccc(CCc4ccc(Oc5cc(CCc6ccc(OC)cc6)c(OC)cc5OC)cc4)cc3)c(OC)cc2OC)cc1. The van der Waals surface area contributed by atoms with Gasteiger partial charge < -0.3 is 37.9 Å². The summed E-state index contributed by atoms with van der Waals surface area (Å²) in [4.78, 5) is 0. The minimum Gasteiger partial charge on any atom is -0.497 e. The first-order valence-corrected chi connectivity index (χ1v) is 18.7. The van der Waals surface area contributed by atoms with Crippen LogP contribution in [0.15, 0.2) is 121 Å². The van der Waals surface area contributed by atoms with Crippen LogP contribution in [0.25, 0.3) is 0 Å². The van der Waals surface area contributed by atoms with Crippen LogP contribution in [0.3, 0.4) is 0 Å². The Labute approximate surface area is 330 Å². The van der Waals surface area contributed by atoms with Crippen molar-refractivity contribution in [3.8, 4) is 57.5 Å². The number of hydrogen-bond acceptors (Lipinski definition) is 8. The Hall–Kier alpha value is -6.28. The van der Waals surface area contributed by atoms with Crippen LogP contribution in [-0.4, -0.2) is 42.7 Å². The Morgan fingerprint density at radius 2 is 0.554 bits per heavy atom. The van der Waals surface area contributed by atoms with E-state index in [2.05, 4.69) is 48.5 Å². The molecule has 0 saturated heterocycles. The van der Waals surface area contributed by atoms with Crippen molar-refractivity contribution in [2.24, 2.45) is 0 Å². The van der Waals surface area contributed by atoms with E-state index in [1.165, 1.54) is 22.3 Å². The van der Waals surface area contributed by atoms with E-state index in [1.54, 1.807) is 42.7 Å². The quantitative estimate of drug-likeness (QED) is 0.0809. The largest absolute Gasteiger partial charge is 0.497 e. The molecule has 6 aromatic rings. The Balaban J connectivity index is 1.05. The molecule has 0 aromatic heterocycles. The van der Waals surface area contributed by atoms with Gasteiger partial charge in [0.25, 0.3) is 0 Å². The van der Waals surface area contributed by atoms with E-state index in [4.69, 9.17) is 37.9 Å². The molecule has 8 nitrogen and oxygen atoms in total. The molecule has 0 bridgehead atoms. The molecule has 0 N–H and O–H groups in total. The van der Waals surface area contributed by atoms with Crippen molar-refractivity contribution in [1.29, 1.82) is 0 Å². The maximum absolute atomic E-state index is 6.35. The Morgan fingerprint density at radius 1 is 0.268 bits per heavy atom. The van der Waals surface area contributed by atoms with Crippen LogP contribution < -0.4 is 37.9 Å². The van der Waals surface area contributed by atoms with Gasteiger partial charge in [-0.05, 0) is 133 Å². The number of rotatable bonds is 19. The van der Waals surface area contributed by atoms with Crippen LogP contribution in [0.5, 0.6) is 57.5 Å². The van der Waals surface area contributed by atoms with Crippen LogP contribution in [-0.2, 0) is 38.5 Å².